The predicted molar refractivity (Wildman–Crippen MR) is 132 cm³/mol. The number of hydrogen-bond donors (Lipinski definition) is 1. The van der Waals surface area contributed by atoms with Crippen LogP contribution in [0.15, 0.2) is 18.2 Å². The quantitative estimate of drug-likeness (QED) is 0.421. The van der Waals surface area contributed by atoms with Gasteiger partial charge in [0.05, 0.1) is 28.9 Å². The summed E-state index contributed by atoms with van der Waals surface area (Å²) >= 11 is 1.35. The SMILES string of the molecule is CCOC(=O)c1c(NC(=O)COC(=O)c2ccc3c(c2)C(=O)N(CC(C)C)C3=O)sc2c1CCCC2. The molecule has 2 heterocycles. The van der Waals surface area contributed by atoms with Gasteiger partial charge in [0.25, 0.3) is 17.7 Å². The van der Waals surface area contributed by atoms with Crippen LogP contribution >= 0.6 is 11.3 Å². The summed E-state index contributed by atoms with van der Waals surface area (Å²) in [6.45, 7) is 5.45. The summed E-state index contributed by atoms with van der Waals surface area (Å²) in [6, 6.07) is 4.14. The number of rotatable bonds is 8. The molecule has 0 spiro atoms. The Morgan fingerprint density at radius 3 is 2.47 bits per heavy atom. The topological polar surface area (TPSA) is 119 Å². The highest BCUT2D eigenvalue weighted by Crippen LogP contribution is 2.38. The van der Waals surface area contributed by atoms with Crippen molar-refractivity contribution in [3.63, 3.8) is 0 Å². The van der Waals surface area contributed by atoms with Gasteiger partial charge in [0.2, 0.25) is 0 Å². The van der Waals surface area contributed by atoms with Crippen molar-refractivity contribution in [2.45, 2.75) is 46.5 Å². The van der Waals surface area contributed by atoms with Gasteiger partial charge in [-0.2, -0.15) is 0 Å². The van der Waals surface area contributed by atoms with E-state index in [-0.39, 0.29) is 41.7 Å². The molecule has 0 fully saturated rings. The number of imide groups is 1. The molecule has 1 aliphatic carbocycles. The van der Waals surface area contributed by atoms with Gasteiger partial charge in [0.15, 0.2) is 6.61 Å². The van der Waals surface area contributed by atoms with Crippen molar-refractivity contribution in [3.8, 4) is 0 Å². The van der Waals surface area contributed by atoms with Gasteiger partial charge in [0.1, 0.15) is 5.00 Å². The third kappa shape index (κ3) is 5.04. The number of benzene rings is 1. The molecule has 1 aliphatic heterocycles. The molecule has 190 valence electrons. The summed E-state index contributed by atoms with van der Waals surface area (Å²) in [5.41, 5.74) is 1.74. The number of nitrogens with one attached hydrogen (secondary N) is 1. The molecule has 4 rings (SSSR count). The van der Waals surface area contributed by atoms with E-state index >= 15 is 0 Å². The van der Waals surface area contributed by atoms with Gasteiger partial charge in [0, 0.05) is 11.4 Å². The number of aryl methyl sites for hydroxylation is 1. The highest BCUT2D eigenvalue weighted by molar-refractivity contribution is 7.17. The Morgan fingerprint density at radius 2 is 1.75 bits per heavy atom. The Morgan fingerprint density at radius 1 is 1.03 bits per heavy atom. The molecular formula is C26H28N2O7S. The summed E-state index contributed by atoms with van der Waals surface area (Å²) in [5.74, 6) is -2.61. The van der Waals surface area contributed by atoms with E-state index in [4.69, 9.17) is 9.47 Å². The zero-order valence-electron chi connectivity index (χ0n) is 20.5. The molecule has 1 N–H and O–H groups in total. The zero-order valence-corrected chi connectivity index (χ0v) is 21.3. The number of carbonyl (C=O) groups is 5. The average Bonchev–Trinajstić information content (AvgIpc) is 3.32. The van der Waals surface area contributed by atoms with Crippen LogP contribution in [0.3, 0.4) is 0 Å². The lowest BCUT2D eigenvalue weighted by atomic mass is 9.95. The maximum Gasteiger partial charge on any atom is 0.341 e. The molecule has 10 heteroatoms. The second kappa shape index (κ2) is 10.6. The molecule has 9 nitrogen and oxygen atoms in total. The molecule has 0 atom stereocenters. The Hall–Kier alpha value is -3.53. The fourth-order valence-corrected chi connectivity index (χ4v) is 5.69. The van der Waals surface area contributed by atoms with Crippen LogP contribution in [-0.4, -0.2) is 54.3 Å². The van der Waals surface area contributed by atoms with Gasteiger partial charge >= 0.3 is 11.9 Å². The van der Waals surface area contributed by atoms with Crippen LogP contribution in [0, 0.1) is 5.92 Å². The lowest BCUT2D eigenvalue weighted by molar-refractivity contribution is -0.119. The third-order valence-electron chi connectivity index (χ3n) is 5.99. The Balaban J connectivity index is 1.43. The first-order valence-corrected chi connectivity index (χ1v) is 12.8. The number of amides is 3. The van der Waals surface area contributed by atoms with Crippen LogP contribution in [-0.2, 0) is 27.1 Å². The summed E-state index contributed by atoms with van der Waals surface area (Å²) in [5, 5.41) is 3.09. The molecule has 2 aromatic rings. The maximum absolute atomic E-state index is 12.7. The first-order chi connectivity index (χ1) is 17.2. The monoisotopic (exact) mass is 512 g/mol. The molecule has 36 heavy (non-hydrogen) atoms. The molecule has 0 unspecified atom stereocenters. The minimum Gasteiger partial charge on any atom is -0.462 e. The second-order valence-corrected chi connectivity index (χ2v) is 10.2. The van der Waals surface area contributed by atoms with E-state index in [1.165, 1.54) is 34.4 Å². The normalized spacial score (nSPS) is 14.5. The minimum atomic E-state index is -0.799. The minimum absolute atomic E-state index is 0.0629. The lowest BCUT2D eigenvalue weighted by Gasteiger charge is -2.15. The average molecular weight is 513 g/mol. The molecular weight excluding hydrogens is 484 g/mol. The van der Waals surface area contributed by atoms with Crippen LogP contribution in [0.5, 0.6) is 0 Å². The van der Waals surface area contributed by atoms with E-state index in [0.717, 1.165) is 36.1 Å². The molecule has 3 amide bonds. The zero-order chi connectivity index (χ0) is 26.0. The van der Waals surface area contributed by atoms with E-state index in [2.05, 4.69) is 5.32 Å². The Kier molecular flexibility index (Phi) is 7.53. The van der Waals surface area contributed by atoms with Crippen molar-refractivity contribution in [2.24, 2.45) is 5.92 Å². The van der Waals surface area contributed by atoms with E-state index in [9.17, 15) is 24.0 Å². The number of hydrogen-bond acceptors (Lipinski definition) is 8. The van der Waals surface area contributed by atoms with Crippen molar-refractivity contribution >= 4 is 46.0 Å². The summed E-state index contributed by atoms with van der Waals surface area (Å²) < 4.78 is 10.3. The lowest BCUT2D eigenvalue weighted by Crippen LogP contribution is -2.33. The van der Waals surface area contributed by atoms with Gasteiger partial charge in [-0.1, -0.05) is 13.8 Å². The smallest absolute Gasteiger partial charge is 0.341 e. The fraction of sp³-hybridized carbons (Fsp3) is 0.423. The second-order valence-electron chi connectivity index (χ2n) is 9.13. The number of nitrogens with zero attached hydrogens (tertiary/aromatic N) is 1. The standard InChI is InChI=1S/C26H28N2O7S/c1-4-34-26(33)21-17-7-5-6-8-19(17)36-22(21)27-20(29)13-35-25(32)15-9-10-16-18(11-15)24(31)28(23(16)30)12-14(2)3/h9-11,14H,4-8,12-13H2,1-3H3,(H,27,29). The van der Waals surface area contributed by atoms with Crippen molar-refractivity contribution in [1.82, 2.24) is 4.90 Å². The van der Waals surface area contributed by atoms with Crippen LogP contribution in [0.1, 0.15) is 85.5 Å². The largest absolute Gasteiger partial charge is 0.462 e. The van der Waals surface area contributed by atoms with Crippen LogP contribution in [0.4, 0.5) is 5.00 Å². The molecule has 1 aromatic carbocycles. The maximum atomic E-state index is 12.7. The number of esters is 2. The predicted octanol–water partition coefficient (Wildman–Crippen LogP) is 3.85. The Bertz CT molecular complexity index is 1250. The number of fused-ring (bicyclic) bond motifs is 2. The number of anilines is 1. The molecule has 0 saturated carbocycles. The van der Waals surface area contributed by atoms with E-state index in [1.807, 2.05) is 13.8 Å². The van der Waals surface area contributed by atoms with Gasteiger partial charge in [-0.05, 0) is 62.3 Å². The van der Waals surface area contributed by atoms with Crippen molar-refractivity contribution in [1.29, 1.82) is 0 Å². The van der Waals surface area contributed by atoms with Crippen LogP contribution in [0.2, 0.25) is 0 Å². The molecule has 0 saturated heterocycles. The number of carbonyl (C=O) groups excluding carboxylic acids is 5. The van der Waals surface area contributed by atoms with Gasteiger partial charge in [-0.25, -0.2) is 9.59 Å². The molecule has 0 bridgehead atoms. The van der Waals surface area contributed by atoms with Gasteiger partial charge in [-0.15, -0.1) is 11.3 Å². The highest BCUT2D eigenvalue weighted by atomic mass is 32.1. The summed E-state index contributed by atoms with van der Waals surface area (Å²) in [6.07, 6.45) is 3.57. The van der Waals surface area contributed by atoms with Crippen molar-refractivity contribution in [2.75, 3.05) is 25.1 Å². The van der Waals surface area contributed by atoms with Crippen LogP contribution in [0.25, 0.3) is 0 Å². The first-order valence-electron chi connectivity index (χ1n) is 12.0. The van der Waals surface area contributed by atoms with E-state index in [1.54, 1.807) is 6.92 Å². The van der Waals surface area contributed by atoms with E-state index in [0.29, 0.717) is 10.6 Å². The number of ether oxygens (including phenoxy) is 2. The number of thiophene rings is 1. The summed E-state index contributed by atoms with van der Waals surface area (Å²) in [7, 11) is 0. The van der Waals surface area contributed by atoms with Gasteiger partial charge in [-0.3, -0.25) is 19.3 Å². The molecule has 2 aliphatic rings. The Labute approximate surface area is 212 Å². The van der Waals surface area contributed by atoms with Crippen molar-refractivity contribution in [3.05, 3.63) is 50.9 Å². The van der Waals surface area contributed by atoms with Crippen molar-refractivity contribution < 1.29 is 33.4 Å². The highest BCUT2D eigenvalue weighted by Gasteiger charge is 2.36. The van der Waals surface area contributed by atoms with Crippen LogP contribution < -0.4 is 5.32 Å². The van der Waals surface area contributed by atoms with E-state index < -0.39 is 30.4 Å². The third-order valence-corrected chi connectivity index (χ3v) is 7.20. The van der Waals surface area contributed by atoms with Gasteiger partial charge < -0.3 is 14.8 Å². The molecule has 0 radical (unpaired) electrons. The first kappa shape index (κ1) is 25.6. The molecule has 1 aromatic heterocycles. The summed E-state index contributed by atoms with van der Waals surface area (Å²) in [4.78, 5) is 65.1. The fourth-order valence-electron chi connectivity index (χ4n) is 4.40.